The van der Waals surface area contributed by atoms with Crippen LogP contribution < -0.4 is 15.4 Å². The third-order valence-electron chi connectivity index (χ3n) is 4.68. The molecule has 0 aromatic heterocycles. The van der Waals surface area contributed by atoms with Gasteiger partial charge in [-0.3, -0.25) is 9.59 Å². The summed E-state index contributed by atoms with van der Waals surface area (Å²) in [6, 6.07) is 14.5. The van der Waals surface area contributed by atoms with Crippen LogP contribution in [0.3, 0.4) is 0 Å². The number of amides is 2. The predicted molar refractivity (Wildman–Crippen MR) is 128 cm³/mol. The van der Waals surface area contributed by atoms with E-state index in [0.717, 1.165) is 37.4 Å². The molecule has 0 aliphatic rings. The molecule has 0 saturated heterocycles. The van der Waals surface area contributed by atoms with Gasteiger partial charge in [-0.2, -0.15) is 0 Å². The molecule has 7 nitrogen and oxygen atoms in total. The summed E-state index contributed by atoms with van der Waals surface area (Å²) in [6.45, 7) is 9.34. The van der Waals surface area contributed by atoms with Crippen LogP contribution in [0.5, 0.6) is 5.75 Å². The molecule has 0 aliphatic heterocycles. The van der Waals surface area contributed by atoms with Gasteiger partial charge in [0, 0.05) is 36.6 Å². The average Bonchev–Trinajstić information content (AvgIpc) is 2.81. The van der Waals surface area contributed by atoms with Crippen molar-refractivity contribution in [3.05, 3.63) is 54.1 Å². The van der Waals surface area contributed by atoms with Gasteiger partial charge in [0.2, 0.25) is 5.91 Å². The van der Waals surface area contributed by atoms with Crippen molar-refractivity contribution in [2.75, 3.05) is 50.1 Å². The molecule has 2 rings (SSSR count). The third kappa shape index (κ3) is 8.59. The Kier molecular flexibility index (Phi) is 11.1. The van der Waals surface area contributed by atoms with Crippen LogP contribution in [-0.4, -0.2) is 56.2 Å². The lowest BCUT2D eigenvalue weighted by Crippen LogP contribution is -2.32. The van der Waals surface area contributed by atoms with E-state index < -0.39 is 0 Å². The van der Waals surface area contributed by atoms with Gasteiger partial charge < -0.3 is 25.0 Å². The molecule has 2 amide bonds. The van der Waals surface area contributed by atoms with E-state index in [9.17, 15) is 9.59 Å². The number of anilines is 2. The second-order valence-corrected chi connectivity index (χ2v) is 7.34. The zero-order valence-electron chi connectivity index (χ0n) is 19.4. The highest BCUT2D eigenvalue weighted by Gasteiger charge is 2.14. The number of carbonyl (C=O) groups is 2. The minimum Gasteiger partial charge on any atom is -0.491 e. The Morgan fingerprint density at radius 1 is 0.906 bits per heavy atom. The highest BCUT2D eigenvalue weighted by molar-refractivity contribution is 5.96. The normalized spacial score (nSPS) is 10.5. The summed E-state index contributed by atoms with van der Waals surface area (Å²) >= 11 is 0. The molecule has 0 unspecified atom stereocenters. The average molecular weight is 442 g/mol. The molecule has 0 bridgehead atoms. The molecule has 0 radical (unpaired) electrons. The summed E-state index contributed by atoms with van der Waals surface area (Å²) in [7, 11) is 0. The Bertz CT molecular complexity index is 833. The molecule has 0 spiro atoms. The summed E-state index contributed by atoms with van der Waals surface area (Å²) in [6.07, 6.45) is 1.84. The second kappa shape index (κ2) is 14.1. The molecule has 2 N–H and O–H groups in total. The zero-order chi connectivity index (χ0) is 23.2. The van der Waals surface area contributed by atoms with Crippen molar-refractivity contribution in [3.63, 3.8) is 0 Å². The number of hydrogen-bond acceptors (Lipinski definition) is 5. The van der Waals surface area contributed by atoms with Crippen molar-refractivity contribution < 1.29 is 19.1 Å². The largest absolute Gasteiger partial charge is 0.491 e. The first kappa shape index (κ1) is 25.2. The van der Waals surface area contributed by atoms with Crippen LogP contribution in [0.25, 0.3) is 0 Å². The first-order valence-corrected chi connectivity index (χ1v) is 11.3. The molecule has 32 heavy (non-hydrogen) atoms. The van der Waals surface area contributed by atoms with Crippen molar-refractivity contribution in [1.29, 1.82) is 0 Å². The summed E-state index contributed by atoms with van der Waals surface area (Å²) in [4.78, 5) is 27.0. The number of benzene rings is 2. The van der Waals surface area contributed by atoms with Gasteiger partial charge in [0.15, 0.2) is 0 Å². The maximum atomic E-state index is 12.8. The summed E-state index contributed by atoms with van der Waals surface area (Å²) in [5, 5.41) is 5.94. The number of ether oxygens (including phenoxy) is 2. The summed E-state index contributed by atoms with van der Waals surface area (Å²) in [5.41, 5.74) is 2.04. The lowest BCUT2D eigenvalue weighted by atomic mass is 10.1. The van der Waals surface area contributed by atoms with Crippen molar-refractivity contribution in [3.8, 4) is 5.75 Å². The minimum absolute atomic E-state index is 0.0189. The summed E-state index contributed by atoms with van der Waals surface area (Å²) < 4.78 is 10.8. The number of rotatable bonds is 14. The van der Waals surface area contributed by atoms with E-state index in [2.05, 4.69) is 24.5 Å². The van der Waals surface area contributed by atoms with Crippen LogP contribution in [0, 0.1) is 0 Å². The van der Waals surface area contributed by atoms with Crippen LogP contribution >= 0.6 is 0 Å². The Balaban J connectivity index is 1.85. The summed E-state index contributed by atoms with van der Waals surface area (Å²) in [5.74, 6) is 0.568. The van der Waals surface area contributed by atoms with Gasteiger partial charge in [0.05, 0.1) is 13.2 Å². The highest BCUT2D eigenvalue weighted by Crippen LogP contribution is 2.16. The van der Waals surface area contributed by atoms with Crippen molar-refractivity contribution >= 4 is 23.2 Å². The van der Waals surface area contributed by atoms with Gasteiger partial charge >= 0.3 is 0 Å². The quantitative estimate of drug-likeness (QED) is 0.425. The Hall–Kier alpha value is -3.06. The molecule has 0 atom stereocenters. The van der Waals surface area contributed by atoms with Crippen molar-refractivity contribution in [2.45, 2.75) is 33.6 Å². The standard InChI is InChI=1S/C25H35N3O4/c1-4-14-28(15-5-2)25(30)20-8-7-9-22(18-20)26-19-24(29)27-21-10-12-23(13-11-21)32-17-16-31-6-3/h7-13,18,26H,4-6,14-17,19H2,1-3H3,(H,27,29). The molecule has 2 aromatic carbocycles. The first-order valence-electron chi connectivity index (χ1n) is 11.3. The highest BCUT2D eigenvalue weighted by atomic mass is 16.5. The smallest absolute Gasteiger partial charge is 0.253 e. The monoisotopic (exact) mass is 441 g/mol. The topological polar surface area (TPSA) is 79.9 Å². The van der Waals surface area contributed by atoms with Gasteiger partial charge in [0.1, 0.15) is 12.4 Å². The lowest BCUT2D eigenvalue weighted by molar-refractivity contribution is -0.114. The van der Waals surface area contributed by atoms with Gasteiger partial charge in [-0.25, -0.2) is 0 Å². The Morgan fingerprint density at radius 3 is 2.28 bits per heavy atom. The lowest BCUT2D eigenvalue weighted by Gasteiger charge is -2.21. The number of nitrogens with one attached hydrogen (secondary N) is 2. The molecular formula is C25H35N3O4. The Labute approximate surface area is 191 Å². The third-order valence-corrected chi connectivity index (χ3v) is 4.68. The number of nitrogens with zero attached hydrogens (tertiary/aromatic N) is 1. The van der Waals surface area contributed by atoms with E-state index in [1.165, 1.54) is 0 Å². The molecule has 2 aromatic rings. The van der Waals surface area contributed by atoms with Crippen LogP contribution in [0.1, 0.15) is 44.0 Å². The molecule has 7 heteroatoms. The van der Waals surface area contributed by atoms with Crippen LogP contribution in [0.2, 0.25) is 0 Å². The Morgan fingerprint density at radius 2 is 1.62 bits per heavy atom. The van der Waals surface area contributed by atoms with E-state index >= 15 is 0 Å². The van der Waals surface area contributed by atoms with Gasteiger partial charge in [-0.15, -0.1) is 0 Å². The second-order valence-electron chi connectivity index (χ2n) is 7.34. The van der Waals surface area contributed by atoms with Crippen LogP contribution in [0.15, 0.2) is 48.5 Å². The van der Waals surface area contributed by atoms with E-state index in [4.69, 9.17) is 9.47 Å². The number of hydrogen-bond donors (Lipinski definition) is 2. The van der Waals surface area contributed by atoms with Crippen LogP contribution in [0.4, 0.5) is 11.4 Å². The molecule has 0 fully saturated rings. The molecule has 0 heterocycles. The van der Waals surface area contributed by atoms with E-state index in [1.807, 2.05) is 42.2 Å². The van der Waals surface area contributed by atoms with Crippen molar-refractivity contribution in [1.82, 2.24) is 4.90 Å². The van der Waals surface area contributed by atoms with Gasteiger partial charge in [0.25, 0.3) is 5.91 Å². The van der Waals surface area contributed by atoms with Crippen molar-refractivity contribution in [2.24, 2.45) is 0 Å². The maximum Gasteiger partial charge on any atom is 0.253 e. The molecule has 0 saturated carbocycles. The molecule has 174 valence electrons. The van der Waals surface area contributed by atoms with Crippen LogP contribution in [-0.2, 0) is 9.53 Å². The van der Waals surface area contributed by atoms with Gasteiger partial charge in [-0.05, 0) is 62.2 Å². The molecule has 0 aliphatic carbocycles. The van der Waals surface area contributed by atoms with E-state index in [1.54, 1.807) is 18.2 Å². The fourth-order valence-electron chi connectivity index (χ4n) is 3.18. The fraction of sp³-hybridized carbons (Fsp3) is 0.440. The fourth-order valence-corrected chi connectivity index (χ4v) is 3.18. The minimum atomic E-state index is -0.176. The zero-order valence-corrected chi connectivity index (χ0v) is 19.4. The van der Waals surface area contributed by atoms with E-state index in [0.29, 0.717) is 31.1 Å². The van der Waals surface area contributed by atoms with Gasteiger partial charge in [-0.1, -0.05) is 19.9 Å². The SMILES string of the molecule is CCCN(CCC)C(=O)c1cccc(NCC(=O)Nc2ccc(OCCOCC)cc2)c1. The number of carbonyl (C=O) groups excluding carboxylic acids is 2. The molecular weight excluding hydrogens is 406 g/mol. The predicted octanol–water partition coefficient (Wildman–Crippen LogP) is 4.41. The first-order chi connectivity index (χ1) is 15.6. The van der Waals surface area contributed by atoms with E-state index in [-0.39, 0.29) is 18.4 Å². The maximum absolute atomic E-state index is 12.8.